The standard InChI is InChI=1S/C51H34N4O/c1-4-15-33(16-5-1)35-19-12-21-37(31-35)49-52-50(38-22-13-20-36(32-38)34-17-6-2-7-18-34)54-51(53-49)42-27-14-26-41-47-45(56-48(41)42)30-29-44-46(47)40-25-10-11-28-43(40)55(44)39-23-8-3-9-24-39/h1-32,44,46H. The Bertz CT molecular complexity index is 2830. The molecule has 0 spiro atoms. The van der Waals surface area contributed by atoms with E-state index < -0.39 is 0 Å². The van der Waals surface area contributed by atoms with Crippen LogP contribution in [-0.2, 0) is 0 Å². The topological polar surface area (TPSA) is 55.1 Å². The lowest BCUT2D eigenvalue weighted by Crippen LogP contribution is -2.30. The molecule has 2 aromatic heterocycles. The lowest BCUT2D eigenvalue weighted by Gasteiger charge is -2.30. The van der Waals surface area contributed by atoms with Crippen LogP contribution in [0.4, 0.5) is 11.4 Å². The molecule has 5 heteroatoms. The Labute approximate surface area is 324 Å². The smallest absolute Gasteiger partial charge is 0.167 e. The Morgan fingerprint density at radius 3 is 1.66 bits per heavy atom. The molecular formula is C51H34N4O. The van der Waals surface area contributed by atoms with Gasteiger partial charge in [-0.2, -0.15) is 0 Å². The van der Waals surface area contributed by atoms with Gasteiger partial charge < -0.3 is 9.32 Å². The van der Waals surface area contributed by atoms with Gasteiger partial charge in [-0.05, 0) is 70.3 Å². The normalized spacial score (nSPS) is 15.4. The van der Waals surface area contributed by atoms with E-state index in [1.807, 2.05) is 12.1 Å². The summed E-state index contributed by atoms with van der Waals surface area (Å²) < 4.78 is 6.88. The van der Waals surface area contributed by atoms with Crippen molar-refractivity contribution >= 4 is 28.4 Å². The summed E-state index contributed by atoms with van der Waals surface area (Å²) in [4.78, 5) is 18.0. The predicted octanol–water partition coefficient (Wildman–Crippen LogP) is 12.6. The Kier molecular flexibility index (Phi) is 7.56. The van der Waals surface area contributed by atoms with Crippen molar-refractivity contribution in [1.82, 2.24) is 15.0 Å². The summed E-state index contributed by atoms with van der Waals surface area (Å²) in [6, 6.07) is 63.6. The molecule has 0 saturated heterocycles. The highest BCUT2D eigenvalue weighted by molar-refractivity contribution is 5.97. The fourth-order valence-corrected chi connectivity index (χ4v) is 8.54. The SMILES string of the molecule is C1=CC2C(c3ccccc3N2c2ccccc2)c2c1oc1c(-c3nc(-c4cccc(-c5ccccc5)c4)nc(-c4cccc(-c5ccccc5)c4)n3)cccc21. The molecule has 11 rings (SSSR count). The number of fused-ring (bicyclic) bond motifs is 7. The average Bonchev–Trinajstić information content (AvgIpc) is 3.83. The van der Waals surface area contributed by atoms with Crippen LogP contribution in [0, 0.1) is 0 Å². The maximum Gasteiger partial charge on any atom is 0.167 e. The van der Waals surface area contributed by atoms with E-state index in [4.69, 9.17) is 19.4 Å². The monoisotopic (exact) mass is 718 g/mol. The van der Waals surface area contributed by atoms with Gasteiger partial charge in [-0.15, -0.1) is 0 Å². The number of rotatable bonds is 6. The van der Waals surface area contributed by atoms with Crippen molar-refractivity contribution in [3.05, 3.63) is 205 Å². The average molecular weight is 719 g/mol. The highest BCUT2D eigenvalue weighted by atomic mass is 16.3. The lowest BCUT2D eigenvalue weighted by molar-refractivity contribution is 0.584. The summed E-state index contributed by atoms with van der Waals surface area (Å²) in [6.45, 7) is 0. The second-order valence-corrected chi connectivity index (χ2v) is 14.4. The van der Waals surface area contributed by atoms with Gasteiger partial charge >= 0.3 is 0 Å². The number of hydrogen-bond acceptors (Lipinski definition) is 5. The van der Waals surface area contributed by atoms with Gasteiger partial charge in [0.25, 0.3) is 0 Å². The molecule has 0 saturated carbocycles. The Balaban J connectivity index is 1.09. The quantitative estimate of drug-likeness (QED) is 0.171. The molecule has 7 aromatic carbocycles. The summed E-state index contributed by atoms with van der Waals surface area (Å²) in [5.74, 6) is 2.73. The van der Waals surface area contributed by atoms with E-state index >= 15 is 0 Å². The zero-order valence-electron chi connectivity index (χ0n) is 30.3. The van der Waals surface area contributed by atoms with Crippen LogP contribution >= 0.6 is 0 Å². The van der Waals surface area contributed by atoms with Crippen molar-refractivity contribution in [2.24, 2.45) is 0 Å². The first-order valence-corrected chi connectivity index (χ1v) is 19.0. The maximum atomic E-state index is 6.88. The van der Waals surface area contributed by atoms with Crippen LogP contribution in [-0.4, -0.2) is 21.0 Å². The zero-order valence-corrected chi connectivity index (χ0v) is 30.3. The van der Waals surface area contributed by atoms with Crippen molar-refractivity contribution < 1.29 is 4.42 Å². The number of furan rings is 1. The number of hydrogen-bond donors (Lipinski definition) is 0. The van der Waals surface area contributed by atoms with Crippen molar-refractivity contribution in [3.8, 4) is 56.4 Å². The van der Waals surface area contributed by atoms with E-state index in [0.29, 0.717) is 17.5 Å². The van der Waals surface area contributed by atoms with Crippen LogP contribution in [0.5, 0.6) is 0 Å². The molecule has 3 heterocycles. The minimum Gasteiger partial charge on any atom is -0.456 e. The van der Waals surface area contributed by atoms with Crippen LogP contribution < -0.4 is 4.90 Å². The lowest BCUT2D eigenvalue weighted by atomic mass is 9.82. The molecule has 264 valence electrons. The first kappa shape index (κ1) is 32.1. The molecular weight excluding hydrogens is 685 g/mol. The molecule has 0 bridgehead atoms. The summed E-state index contributed by atoms with van der Waals surface area (Å²) in [5.41, 5.74) is 12.8. The number of anilines is 2. The van der Waals surface area contributed by atoms with Gasteiger partial charge in [0.1, 0.15) is 11.3 Å². The van der Waals surface area contributed by atoms with Gasteiger partial charge in [0.2, 0.25) is 0 Å². The van der Waals surface area contributed by atoms with Crippen LogP contribution in [0.2, 0.25) is 0 Å². The second-order valence-electron chi connectivity index (χ2n) is 14.4. The van der Waals surface area contributed by atoms with Gasteiger partial charge in [0.05, 0.1) is 11.6 Å². The largest absolute Gasteiger partial charge is 0.456 e. The van der Waals surface area contributed by atoms with Gasteiger partial charge in [0.15, 0.2) is 17.5 Å². The van der Waals surface area contributed by atoms with Crippen molar-refractivity contribution in [1.29, 1.82) is 0 Å². The van der Waals surface area contributed by atoms with E-state index in [0.717, 1.165) is 55.7 Å². The maximum absolute atomic E-state index is 6.88. The van der Waals surface area contributed by atoms with Crippen molar-refractivity contribution in [2.75, 3.05) is 4.90 Å². The number of nitrogens with zero attached hydrogens (tertiary/aromatic N) is 4. The molecule has 5 nitrogen and oxygen atoms in total. The molecule has 0 radical (unpaired) electrons. The Morgan fingerprint density at radius 1 is 0.464 bits per heavy atom. The number of aromatic nitrogens is 3. The molecule has 0 amide bonds. The molecule has 2 aliphatic rings. The zero-order chi connectivity index (χ0) is 37.0. The third-order valence-electron chi connectivity index (χ3n) is 11.1. The fraction of sp³-hybridized carbons (Fsp3) is 0.0392. The van der Waals surface area contributed by atoms with E-state index in [1.54, 1.807) is 0 Å². The molecule has 9 aromatic rings. The highest BCUT2D eigenvalue weighted by Crippen LogP contribution is 2.54. The van der Waals surface area contributed by atoms with E-state index in [9.17, 15) is 0 Å². The van der Waals surface area contributed by atoms with E-state index in [-0.39, 0.29) is 12.0 Å². The summed E-state index contributed by atoms with van der Waals surface area (Å²) in [6.07, 6.45) is 4.44. The van der Waals surface area contributed by atoms with Crippen LogP contribution in [0.3, 0.4) is 0 Å². The summed E-state index contributed by atoms with van der Waals surface area (Å²) in [7, 11) is 0. The number of benzene rings is 7. The van der Waals surface area contributed by atoms with Crippen LogP contribution in [0.25, 0.3) is 73.5 Å². The Hall–Kier alpha value is -7.37. The highest BCUT2D eigenvalue weighted by Gasteiger charge is 2.43. The minimum absolute atomic E-state index is 0.0915. The third-order valence-corrected chi connectivity index (χ3v) is 11.1. The number of para-hydroxylation sites is 3. The molecule has 2 atom stereocenters. The molecule has 1 aliphatic heterocycles. The van der Waals surface area contributed by atoms with E-state index in [2.05, 4.69) is 187 Å². The molecule has 56 heavy (non-hydrogen) atoms. The molecule has 1 aliphatic carbocycles. The van der Waals surface area contributed by atoms with Crippen LogP contribution in [0.15, 0.2) is 192 Å². The molecule has 0 fully saturated rings. The van der Waals surface area contributed by atoms with Gasteiger partial charge in [0, 0.05) is 39.4 Å². The predicted molar refractivity (Wildman–Crippen MR) is 226 cm³/mol. The molecule has 2 unspecified atom stereocenters. The fourth-order valence-electron chi connectivity index (χ4n) is 8.54. The summed E-state index contributed by atoms with van der Waals surface area (Å²) in [5, 5.41) is 1.07. The molecule has 0 N–H and O–H groups in total. The summed E-state index contributed by atoms with van der Waals surface area (Å²) >= 11 is 0. The first-order chi connectivity index (χ1) is 27.8. The third kappa shape index (κ3) is 5.36. The van der Waals surface area contributed by atoms with Gasteiger partial charge in [-0.25, -0.2) is 15.0 Å². The minimum atomic E-state index is 0.0915. The van der Waals surface area contributed by atoms with Gasteiger partial charge in [-0.3, -0.25) is 0 Å². The second kappa shape index (κ2) is 13.2. The van der Waals surface area contributed by atoms with Gasteiger partial charge in [-0.1, -0.05) is 152 Å². The van der Waals surface area contributed by atoms with Crippen molar-refractivity contribution in [3.63, 3.8) is 0 Å². The van der Waals surface area contributed by atoms with Crippen LogP contribution in [0.1, 0.15) is 22.8 Å². The Morgan fingerprint density at radius 2 is 1.00 bits per heavy atom. The first-order valence-electron chi connectivity index (χ1n) is 19.0. The van der Waals surface area contributed by atoms with Crippen molar-refractivity contribution in [2.45, 2.75) is 12.0 Å². The van der Waals surface area contributed by atoms with E-state index in [1.165, 1.54) is 22.5 Å².